The molecule has 1 fully saturated rings. The summed E-state index contributed by atoms with van der Waals surface area (Å²) in [5.74, 6) is -1.33. The maximum atomic E-state index is 13.4. The van der Waals surface area contributed by atoms with Crippen LogP contribution < -0.4 is 0 Å². The minimum Gasteiger partial charge on any atom is -0.465 e. The van der Waals surface area contributed by atoms with E-state index in [1.807, 2.05) is 0 Å². The van der Waals surface area contributed by atoms with Crippen molar-refractivity contribution in [3.05, 3.63) is 27.8 Å². The first-order valence-electron chi connectivity index (χ1n) is 6.11. The van der Waals surface area contributed by atoms with Gasteiger partial charge in [-0.2, -0.15) is 0 Å². The Morgan fingerprint density at radius 2 is 2.05 bits per heavy atom. The van der Waals surface area contributed by atoms with Crippen molar-refractivity contribution in [2.24, 2.45) is 0 Å². The van der Waals surface area contributed by atoms with Crippen molar-refractivity contribution < 1.29 is 19.1 Å². The Morgan fingerprint density at radius 3 is 2.62 bits per heavy atom. The van der Waals surface area contributed by atoms with Gasteiger partial charge in [0, 0.05) is 25.7 Å². The van der Waals surface area contributed by atoms with Gasteiger partial charge in [0.25, 0.3) is 5.91 Å². The SMILES string of the molecule is CC1CN(C(=O)O)CCN1C(=O)c1cc(F)c(Cl)nc1Cl. The number of rotatable bonds is 1. The predicted molar refractivity (Wildman–Crippen MR) is 74.3 cm³/mol. The van der Waals surface area contributed by atoms with E-state index < -0.39 is 23.0 Å². The summed E-state index contributed by atoms with van der Waals surface area (Å²) >= 11 is 11.3. The van der Waals surface area contributed by atoms with Crippen molar-refractivity contribution >= 4 is 35.2 Å². The van der Waals surface area contributed by atoms with Crippen molar-refractivity contribution in [2.45, 2.75) is 13.0 Å². The second kappa shape index (κ2) is 6.03. The Bertz CT molecular complexity index is 599. The van der Waals surface area contributed by atoms with E-state index in [0.29, 0.717) is 0 Å². The first-order valence-corrected chi connectivity index (χ1v) is 6.87. The molecule has 0 aromatic carbocycles. The standard InChI is InChI=1S/C12H12Cl2FN3O3/c1-6-5-17(12(20)21)2-3-18(6)11(19)7-4-8(15)10(14)16-9(7)13/h4,6H,2-3,5H2,1H3,(H,20,21). The molecule has 114 valence electrons. The Hall–Kier alpha value is -1.60. The van der Waals surface area contributed by atoms with Crippen LogP contribution in [0, 0.1) is 5.82 Å². The van der Waals surface area contributed by atoms with Crippen LogP contribution in [0.15, 0.2) is 6.07 Å². The highest BCUT2D eigenvalue weighted by atomic mass is 35.5. The van der Waals surface area contributed by atoms with Crippen LogP contribution in [0.4, 0.5) is 9.18 Å². The van der Waals surface area contributed by atoms with Crippen LogP contribution in [0.2, 0.25) is 10.3 Å². The molecule has 21 heavy (non-hydrogen) atoms. The van der Waals surface area contributed by atoms with E-state index in [2.05, 4.69) is 4.98 Å². The van der Waals surface area contributed by atoms with Crippen molar-refractivity contribution in [1.82, 2.24) is 14.8 Å². The lowest BCUT2D eigenvalue weighted by Gasteiger charge is -2.38. The lowest BCUT2D eigenvalue weighted by atomic mass is 10.1. The van der Waals surface area contributed by atoms with E-state index in [0.717, 1.165) is 6.07 Å². The number of hydrogen-bond donors (Lipinski definition) is 1. The minimum absolute atomic E-state index is 0.0887. The molecule has 1 aromatic heterocycles. The number of carboxylic acid groups (broad SMARTS) is 1. The lowest BCUT2D eigenvalue weighted by Crippen LogP contribution is -2.55. The quantitative estimate of drug-likeness (QED) is 0.799. The third-order valence-corrected chi connectivity index (χ3v) is 3.83. The summed E-state index contributed by atoms with van der Waals surface area (Å²) in [6, 6.07) is 0.591. The Labute approximate surface area is 130 Å². The fraction of sp³-hybridized carbons (Fsp3) is 0.417. The topological polar surface area (TPSA) is 73.7 Å². The van der Waals surface area contributed by atoms with Crippen LogP contribution in [0.5, 0.6) is 0 Å². The highest BCUT2D eigenvalue weighted by Gasteiger charge is 2.31. The van der Waals surface area contributed by atoms with Gasteiger partial charge in [0.2, 0.25) is 0 Å². The van der Waals surface area contributed by atoms with Crippen LogP contribution in [-0.4, -0.2) is 57.6 Å². The fourth-order valence-electron chi connectivity index (χ4n) is 2.18. The molecular weight excluding hydrogens is 324 g/mol. The number of nitrogens with zero attached hydrogens (tertiary/aromatic N) is 3. The van der Waals surface area contributed by atoms with Crippen LogP contribution in [0.3, 0.4) is 0 Å². The second-order valence-corrected chi connectivity index (χ2v) is 5.39. The zero-order chi connectivity index (χ0) is 15.7. The zero-order valence-corrected chi connectivity index (χ0v) is 12.5. The van der Waals surface area contributed by atoms with E-state index in [-0.39, 0.29) is 36.4 Å². The number of pyridine rings is 1. The van der Waals surface area contributed by atoms with Crippen molar-refractivity contribution in [2.75, 3.05) is 19.6 Å². The Balaban J connectivity index is 2.21. The number of carbonyl (C=O) groups is 2. The second-order valence-electron chi connectivity index (χ2n) is 4.68. The third kappa shape index (κ3) is 3.19. The summed E-state index contributed by atoms with van der Waals surface area (Å²) in [7, 11) is 0. The van der Waals surface area contributed by atoms with E-state index in [1.54, 1.807) is 6.92 Å². The number of aromatic nitrogens is 1. The lowest BCUT2D eigenvalue weighted by molar-refractivity contribution is 0.0483. The molecule has 0 aliphatic carbocycles. The summed E-state index contributed by atoms with van der Waals surface area (Å²) in [5.41, 5.74) is -0.0887. The van der Waals surface area contributed by atoms with Gasteiger partial charge in [0.1, 0.15) is 5.15 Å². The Morgan fingerprint density at radius 1 is 1.38 bits per heavy atom. The molecule has 6 nitrogen and oxygen atoms in total. The fourth-order valence-corrected chi connectivity index (χ4v) is 2.59. The molecule has 0 spiro atoms. The molecule has 9 heteroatoms. The Kier molecular flexibility index (Phi) is 4.53. The average Bonchev–Trinajstić information content (AvgIpc) is 2.42. The van der Waals surface area contributed by atoms with Gasteiger partial charge in [0.05, 0.1) is 5.56 Å². The largest absolute Gasteiger partial charge is 0.465 e. The number of hydrogen-bond acceptors (Lipinski definition) is 3. The summed E-state index contributed by atoms with van der Waals surface area (Å²) in [5, 5.41) is 8.35. The molecule has 1 N–H and O–H groups in total. The van der Waals surface area contributed by atoms with E-state index >= 15 is 0 Å². The molecule has 1 saturated heterocycles. The van der Waals surface area contributed by atoms with Crippen LogP contribution >= 0.6 is 23.2 Å². The van der Waals surface area contributed by atoms with E-state index in [9.17, 15) is 14.0 Å². The predicted octanol–water partition coefficient (Wildman–Crippen LogP) is 2.35. The molecule has 0 radical (unpaired) electrons. The highest BCUT2D eigenvalue weighted by molar-refractivity contribution is 6.34. The van der Waals surface area contributed by atoms with Gasteiger partial charge in [-0.3, -0.25) is 4.79 Å². The monoisotopic (exact) mass is 335 g/mol. The van der Waals surface area contributed by atoms with Gasteiger partial charge >= 0.3 is 6.09 Å². The summed E-state index contributed by atoms with van der Waals surface area (Å²) in [4.78, 5) is 29.5. The van der Waals surface area contributed by atoms with Crippen LogP contribution in [0.25, 0.3) is 0 Å². The van der Waals surface area contributed by atoms with Gasteiger partial charge < -0.3 is 14.9 Å². The first kappa shape index (κ1) is 15.8. The summed E-state index contributed by atoms with van der Waals surface area (Å²) < 4.78 is 13.4. The average molecular weight is 336 g/mol. The normalized spacial score (nSPS) is 18.8. The van der Waals surface area contributed by atoms with Gasteiger partial charge in [0.15, 0.2) is 11.0 Å². The van der Waals surface area contributed by atoms with Crippen molar-refractivity contribution in [1.29, 1.82) is 0 Å². The molecular formula is C12H12Cl2FN3O3. The third-order valence-electron chi connectivity index (χ3n) is 3.28. The first-order chi connectivity index (χ1) is 9.81. The van der Waals surface area contributed by atoms with Gasteiger partial charge in [-0.1, -0.05) is 23.2 Å². The number of carbonyl (C=O) groups excluding carboxylic acids is 1. The van der Waals surface area contributed by atoms with Crippen LogP contribution in [0.1, 0.15) is 17.3 Å². The number of amides is 2. The molecule has 1 atom stereocenters. The maximum absolute atomic E-state index is 13.4. The summed E-state index contributed by atoms with van der Waals surface area (Å²) in [6.45, 7) is 2.28. The zero-order valence-electron chi connectivity index (χ0n) is 11.0. The van der Waals surface area contributed by atoms with E-state index in [1.165, 1.54) is 9.80 Å². The molecule has 1 aliphatic rings. The molecule has 2 amide bonds. The van der Waals surface area contributed by atoms with Crippen molar-refractivity contribution in [3.8, 4) is 0 Å². The molecule has 0 bridgehead atoms. The van der Waals surface area contributed by atoms with E-state index in [4.69, 9.17) is 28.3 Å². The molecule has 1 unspecified atom stereocenters. The highest BCUT2D eigenvalue weighted by Crippen LogP contribution is 2.23. The smallest absolute Gasteiger partial charge is 0.407 e. The maximum Gasteiger partial charge on any atom is 0.407 e. The molecule has 1 aliphatic heterocycles. The number of halogens is 3. The molecule has 0 saturated carbocycles. The number of piperazine rings is 1. The molecule has 2 rings (SSSR count). The van der Waals surface area contributed by atoms with Gasteiger partial charge in [-0.25, -0.2) is 14.2 Å². The van der Waals surface area contributed by atoms with Crippen LogP contribution in [-0.2, 0) is 0 Å². The molecule has 1 aromatic rings. The summed E-state index contributed by atoms with van der Waals surface area (Å²) in [6.07, 6.45) is -1.04. The minimum atomic E-state index is -1.04. The van der Waals surface area contributed by atoms with Gasteiger partial charge in [-0.05, 0) is 13.0 Å². The molecule has 2 heterocycles. The van der Waals surface area contributed by atoms with Gasteiger partial charge in [-0.15, -0.1) is 0 Å². The van der Waals surface area contributed by atoms with Crippen molar-refractivity contribution in [3.63, 3.8) is 0 Å².